The third-order valence-electron chi connectivity index (χ3n) is 3.89. The Morgan fingerprint density at radius 2 is 1.90 bits per heavy atom. The second-order valence-electron chi connectivity index (χ2n) is 4.86. The van der Waals surface area contributed by atoms with Gasteiger partial charge in [0.15, 0.2) is 6.04 Å². The molecule has 0 radical (unpaired) electrons. The highest BCUT2D eigenvalue weighted by Gasteiger charge is 2.50. The first-order valence-electron chi connectivity index (χ1n) is 6.81. The normalized spacial score (nSPS) is 20.9. The number of carbonyl (C=O) groups is 2. The fourth-order valence-electron chi connectivity index (χ4n) is 2.69. The Morgan fingerprint density at radius 1 is 1.30 bits per heavy atom. The van der Waals surface area contributed by atoms with Crippen LogP contribution in [0.3, 0.4) is 0 Å². The van der Waals surface area contributed by atoms with E-state index in [2.05, 4.69) is 0 Å². The van der Waals surface area contributed by atoms with Gasteiger partial charge in [0.25, 0.3) is 5.91 Å². The summed E-state index contributed by atoms with van der Waals surface area (Å²) >= 11 is 0. The van der Waals surface area contributed by atoms with Crippen LogP contribution < -0.4 is 0 Å². The number of nitrogens with zero attached hydrogens (tertiary/aromatic N) is 1. The van der Waals surface area contributed by atoms with Crippen LogP contribution in [0.25, 0.3) is 0 Å². The first-order valence-corrected chi connectivity index (χ1v) is 6.81. The van der Waals surface area contributed by atoms with Gasteiger partial charge in [0, 0.05) is 5.56 Å². The molecule has 5 nitrogen and oxygen atoms in total. The van der Waals surface area contributed by atoms with E-state index in [0.29, 0.717) is 18.4 Å². The van der Waals surface area contributed by atoms with E-state index in [0.717, 1.165) is 0 Å². The van der Waals surface area contributed by atoms with Crippen LogP contribution in [-0.4, -0.2) is 40.3 Å². The lowest BCUT2D eigenvalue weighted by atomic mass is 10.0. The summed E-state index contributed by atoms with van der Waals surface area (Å²) in [4.78, 5) is 25.5. The second kappa shape index (κ2) is 5.63. The van der Waals surface area contributed by atoms with E-state index in [1.165, 1.54) is 4.90 Å². The minimum absolute atomic E-state index is 0.0373. The molecule has 5 heteroatoms. The summed E-state index contributed by atoms with van der Waals surface area (Å²) in [6.45, 7) is 3.84. The third-order valence-corrected chi connectivity index (χ3v) is 3.89. The zero-order valence-corrected chi connectivity index (χ0v) is 11.7. The van der Waals surface area contributed by atoms with Crippen molar-refractivity contribution in [2.45, 2.75) is 38.5 Å². The number of ether oxygens (including phenoxy) is 1. The molecule has 1 saturated heterocycles. The summed E-state index contributed by atoms with van der Waals surface area (Å²) in [5.41, 5.74) is -0.341. The average molecular weight is 277 g/mol. The molecule has 0 saturated carbocycles. The molecule has 20 heavy (non-hydrogen) atoms. The number of hydrogen-bond donors (Lipinski definition) is 1. The van der Waals surface area contributed by atoms with Gasteiger partial charge < -0.3 is 9.84 Å². The van der Waals surface area contributed by atoms with Gasteiger partial charge in [-0.15, -0.1) is 0 Å². The summed E-state index contributed by atoms with van der Waals surface area (Å²) in [6, 6.07) is 7.80. The zero-order valence-electron chi connectivity index (χ0n) is 11.7. The highest BCUT2D eigenvalue weighted by molar-refractivity contribution is 5.97. The van der Waals surface area contributed by atoms with E-state index < -0.39 is 17.7 Å². The lowest BCUT2D eigenvalue weighted by Gasteiger charge is -2.37. The van der Waals surface area contributed by atoms with Gasteiger partial charge in [0.1, 0.15) is 5.72 Å². The fraction of sp³-hybridized carbons (Fsp3) is 0.467. The van der Waals surface area contributed by atoms with Crippen LogP contribution in [0, 0.1) is 0 Å². The number of aliphatic carboxylic acids is 1. The summed E-state index contributed by atoms with van der Waals surface area (Å²) < 4.78 is 5.69. The maximum Gasteiger partial charge on any atom is 0.328 e. The maximum atomic E-state index is 12.7. The van der Waals surface area contributed by atoms with Gasteiger partial charge >= 0.3 is 5.97 Å². The van der Waals surface area contributed by atoms with E-state index in [-0.39, 0.29) is 12.5 Å². The molecule has 1 N–H and O–H groups in total. The number of carboxylic acids is 1. The zero-order chi connectivity index (χ0) is 14.8. The number of carbonyl (C=O) groups excluding carboxylic acids is 1. The molecule has 1 atom stereocenters. The van der Waals surface area contributed by atoms with Crippen molar-refractivity contribution in [3.63, 3.8) is 0 Å². The quantitative estimate of drug-likeness (QED) is 0.915. The Labute approximate surface area is 118 Å². The van der Waals surface area contributed by atoms with Crippen LogP contribution in [0.4, 0.5) is 0 Å². The first kappa shape index (κ1) is 14.5. The maximum absolute atomic E-state index is 12.7. The molecule has 1 fully saturated rings. The van der Waals surface area contributed by atoms with Crippen LogP contribution in [0.15, 0.2) is 30.3 Å². The molecular formula is C15H19NO4. The van der Waals surface area contributed by atoms with Crippen molar-refractivity contribution in [2.24, 2.45) is 0 Å². The highest BCUT2D eigenvalue weighted by atomic mass is 16.5. The molecule has 0 aliphatic carbocycles. The van der Waals surface area contributed by atoms with Gasteiger partial charge in [-0.05, 0) is 25.0 Å². The molecule has 1 aromatic rings. The van der Waals surface area contributed by atoms with Gasteiger partial charge in [0.05, 0.1) is 6.61 Å². The summed E-state index contributed by atoms with van der Waals surface area (Å²) in [6.07, 6.45) is 1.12. The Kier molecular flexibility index (Phi) is 4.09. The predicted molar refractivity (Wildman–Crippen MR) is 73.3 cm³/mol. The highest BCUT2D eigenvalue weighted by Crippen LogP contribution is 2.35. The Bertz CT molecular complexity index is 496. The minimum Gasteiger partial charge on any atom is -0.480 e. The smallest absolute Gasteiger partial charge is 0.328 e. The molecule has 0 spiro atoms. The number of carboxylic acid groups (broad SMARTS) is 1. The molecule has 1 aliphatic rings. The van der Waals surface area contributed by atoms with Crippen molar-refractivity contribution in [3.8, 4) is 0 Å². The number of hydrogen-bond acceptors (Lipinski definition) is 3. The molecule has 2 rings (SSSR count). The predicted octanol–water partition coefficient (Wildman–Crippen LogP) is 2.13. The topological polar surface area (TPSA) is 66.8 Å². The third kappa shape index (κ3) is 2.29. The van der Waals surface area contributed by atoms with Crippen LogP contribution in [0.1, 0.15) is 37.0 Å². The Hall–Kier alpha value is -1.88. The molecule has 0 aromatic heterocycles. The molecule has 108 valence electrons. The van der Waals surface area contributed by atoms with Gasteiger partial charge in [-0.25, -0.2) is 4.79 Å². The Balaban J connectivity index is 2.41. The van der Waals surface area contributed by atoms with Gasteiger partial charge in [-0.2, -0.15) is 0 Å². The lowest BCUT2D eigenvalue weighted by molar-refractivity contribution is -0.142. The van der Waals surface area contributed by atoms with Crippen molar-refractivity contribution >= 4 is 11.9 Å². The van der Waals surface area contributed by atoms with Gasteiger partial charge in [-0.1, -0.05) is 32.0 Å². The van der Waals surface area contributed by atoms with E-state index in [1.54, 1.807) is 24.3 Å². The summed E-state index contributed by atoms with van der Waals surface area (Å²) in [5, 5.41) is 9.33. The standard InChI is InChI=1S/C15H19NO4/c1-3-15(4-2)16(12(10-20-15)14(18)19)13(17)11-8-6-5-7-9-11/h5-9,12H,3-4,10H2,1-2H3,(H,18,19)/t12-/m0/s1. The van der Waals surface area contributed by atoms with Crippen LogP contribution in [-0.2, 0) is 9.53 Å². The molecule has 1 amide bonds. The molecule has 0 bridgehead atoms. The van der Waals surface area contributed by atoms with Crippen LogP contribution in [0.5, 0.6) is 0 Å². The van der Waals surface area contributed by atoms with E-state index in [9.17, 15) is 14.7 Å². The first-order chi connectivity index (χ1) is 9.55. The average Bonchev–Trinajstić information content (AvgIpc) is 2.87. The van der Waals surface area contributed by atoms with Crippen LogP contribution in [0.2, 0.25) is 0 Å². The molecule has 1 heterocycles. The lowest BCUT2D eigenvalue weighted by Crippen LogP contribution is -2.53. The van der Waals surface area contributed by atoms with Gasteiger partial charge in [-0.3, -0.25) is 9.69 Å². The Morgan fingerprint density at radius 3 is 2.40 bits per heavy atom. The monoisotopic (exact) mass is 277 g/mol. The van der Waals surface area contributed by atoms with Gasteiger partial charge in [0.2, 0.25) is 0 Å². The van der Waals surface area contributed by atoms with E-state index in [1.807, 2.05) is 19.9 Å². The minimum atomic E-state index is -1.03. The molecule has 1 aliphatic heterocycles. The summed E-state index contributed by atoms with van der Waals surface area (Å²) in [7, 11) is 0. The largest absolute Gasteiger partial charge is 0.480 e. The summed E-state index contributed by atoms with van der Waals surface area (Å²) in [5.74, 6) is -1.32. The molecular weight excluding hydrogens is 258 g/mol. The molecule has 1 aromatic carbocycles. The van der Waals surface area contributed by atoms with E-state index >= 15 is 0 Å². The number of benzene rings is 1. The fourth-order valence-corrected chi connectivity index (χ4v) is 2.69. The van der Waals surface area contributed by atoms with Crippen LogP contribution >= 0.6 is 0 Å². The number of rotatable bonds is 4. The van der Waals surface area contributed by atoms with E-state index in [4.69, 9.17) is 4.74 Å². The van der Waals surface area contributed by atoms with Crippen molar-refractivity contribution in [1.82, 2.24) is 4.90 Å². The van der Waals surface area contributed by atoms with Crippen molar-refractivity contribution in [2.75, 3.05) is 6.61 Å². The SMILES string of the molecule is CCC1(CC)OC[C@@H](C(=O)O)N1C(=O)c1ccccc1. The number of amides is 1. The second-order valence-corrected chi connectivity index (χ2v) is 4.86. The van der Waals surface area contributed by atoms with Crippen molar-refractivity contribution < 1.29 is 19.4 Å². The molecule has 0 unspecified atom stereocenters. The van der Waals surface area contributed by atoms with Crippen molar-refractivity contribution in [1.29, 1.82) is 0 Å². The van der Waals surface area contributed by atoms with Crippen molar-refractivity contribution in [3.05, 3.63) is 35.9 Å².